The minimum atomic E-state index is -4.96. The molecule has 6 atom stereocenters. The van der Waals surface area contributed by atoms with Gasteiger partial charge in [-0.3, -0.25) is 37.3 Å². The summed E-state index contributed by atoms with van der Waals surface area (Å²) in [5, 5.41) is 10.6. The molecule has 0 heterocycles. The minimum absolute atomic E-state index is 0.104. The lowest BCUT2D eigenvalue weighted by Crippen LogP contribution is -2.30. The lowest BCUT2D eigenvalue weighted by atomic mass is 9.99. The normalized spacial score (nSPS) is 14.4. The van der Waals surface area contributed by atoms with Crippen LogP contribution in [0.1, 0.15) is 376 Å². The molecule has 0 aromatic carbocycles. The number of hydrogen-bond donors (Lipinski definition) is 3. The van der Waals surface area contributed by atoms with Crippen LogP contribution in [0.15, 0.2) is 0 Å². The molecule has 0 aliphatic carbocycles. The molecule has 0 saturated carbocycles. The number of aliphatic hydroxyl groups excluding tert-OH is 1. The zero-order valence-electron chi connectivity index (χ0n) is 60.7. The molecule has 0 bridgehead atoms. The molecule has 0 aliphatic heterocycles. The Morgan fingerprint density at radius 1 is 0.312 bits per heavy atom. The summed E-state index contributed by atoms with van der Waals surface area (Å²) < 4.78 is 68.5. The number of carbonyl (C=O) groups excluding carboxylic acids is 4. The molecule has 0 spiro atoms. The predicted molar refractivity (Wildman–Crippen MR) is 377 cm³/mol. The van der Waals surface area contributed by atoms with Crippen molar-refractivity contribution in [3.05, 3.63) is 0 Å². The fourth-order valence-electron chi connectivity index (χ4n) is 11.2. The predicted octanol–water partition coefficient (Wildman–Crippen LogP) is 21.4. The molecule has 0 aromatic heterocycles. The Balaban J connectivity index is 5.26. The third kappa shape index (κ3) is 67.0. The molecule has 19 heteroatoms. The van der Waals surface area contributed by atoms with E-state index in [1.807, 2.05) is 0 Å². The molecule has 552 valence electrons. The largest absolute Gasteiger partial charge is 0.472 e. The van der Waals surface area contributed by atoms with E-state index in [9.17, 15) is 43.2 Å². The molecule has 0 saturated heterocycles. The highest BCUT2D eigenvalue weighted by Crippen LogP contribution is 2.45. The molecule has 3 unspecified atom stereocenters. The van der Waals surface area contributed by atoms with Gasteiger partial charge in [0.25, 0.3) is 0 Å². The second-order valence-corrected chi connectivity index (χ2v) is 30.8. The molecular formula is C74H144O17P2. The zero-order valence-corrected chi connectivity index (χ0v) is 62.5. The van der Waals surface area contributed by atoms with Crippen LogP contribution in [0.3, 0.4) is 0 Å². The average Bonchev–Trinajstić information content (AvgIpc) is 2.17. The number of aliphatic hydroxyl groups is 1. The van der Waals surface area contributed by atoms with Gasteiger partial charge >= 0.3 is 39.5 Å². The maximum absolute atomic E-state index is 13.1. The van der Waals surface area contributed by atoms with Crippen LogP contribution in [0.25, 0.3) is 0 Å². The molecule has 0 rings (SSSR count). The molecule has 17 nitrogen and oxygen atoms in total. The number of unbranched alkanes of at least 4 members (excludes halogenated alkanes) is 39. The highest BCUT2D eigenvalue weighted by molar-refractivity contribution is 7.47. The Morgan fingerprint density at radius 2 is 0.548 bits per heavy atom. The third-order valence-corrected chi connectivity index (χ3v) is 19.4. The lowest BCUT2D eigenvalue weighted by molar-refractivity contribution is -0.161. The smallest absolute Gasteiger partial charge is 0.462 e. The van der Waals surface area contributed by atoms with Crippen molar-refractivity contribution >= 4 is 39.5 Å². The van der Waals surface area contributed by atoms with Crippen molar-refractivity contribution in [1.29, 1.82) is 0 Å². The summed E-state index contributed by atoms with van der Waals surface area (Å²) in [5.74, 6) is 0.146. The van der Waals surface area contributed by atoms with Gasteiger partial charge in [0.05, 0.1) is 26.4 Å². The molecule has 0 radical (unpaired) electrons. The Kier molecular flexibility index (Phi) is 63.4. The van der Waals surface area contributed by atoms with Gasteiger partial charge in [0.1, 0.15) is 19.3 Å². The van der Waals surface area contributed by atoms with Gasteiger partial charge < -0.3 is 33.8 Å². The Labute approximate surface area is 568 Å². The van der Waals surface area contributed by atoms with Crippen LogP contribution >= 0.6 is 15.6 Å². The maximum atomic E-state index is 13.1. The first-order valence-electron chi connectivity index (χ1n) is 38.4. The number of carbonyl (C=O) groups is 4. The number of rotatable bonds is 72. The zero-order chi connectivity index (χ0) is 68.7. The van der Waals surface area contributed by atoms with Gasteiger partial charge in [0.2, 0.25) is 0 Å². The van der Waals surface area contributed by atoms with E-state index in [1.165, 1.54) is 186 Å². The van der Waals surface area contributed by atoms with Gasteiger partial charge in [-0.1, -0.05) is 325 Å². The Hall–Kier alpha value is -1.94. The van der Waals surface area contributed by atoms with Crippen molar-refractivity contribution in [2.24, 2.45) is 17.8 Å². The molecule has 3 N–H and O–H groups in total. The second-order valence-electron chi connectivity index (χ2n) is 27.9. The van der Waals surface area contributed by atoms with Crippen molar-refractivity contribution in [2.45, 2.75) is 394 Å². The van der Waals surface area contributed by atoms with Crippen molar-refractivity contribution in [3.8, 4) is 0 Å². The Morgan fingerprint density at radius 3 is 0.817 bits per heavy atom. The van der Waals surface area contributed by atoms with E-state index < -0.39 is 97.5 Å². The quantitative estimate of drug-likeness (QED) is 0.0222. The molecule has 93 heavy (non-hydrogen) atoms. The standard InChI is InChI=1S/C74H144O17P2/c1-8-10-11-12-13-14-15-16-17-18-19-22-26-36-43-50-57-73(78)90-69(61-84-71(76)55-48-41-34-25-23-20-21-24-31-38-45-52-65(3)4)63-88-92(80,81)86-59-68(75)60-87-93(82,83)89-64-70(62-85-72(77)56-49-42-35-29-27-32-39-46-53-66(5)6)91-74(79)58-51-44-37-30-28-33-40-47-54-67(7)9-2/h65-70,75H,8-64H2,1-7H3,(H,80,81)(H,82,83)/t67?,68-,69-,70-/m1/s1. The first kappa shape index (κ1) is 91.1. The average molecular weight is 1370 g/mol. The van der Waals surface area contributed by atoms with Gasteiger partial charge in [0.15, 0.2) is 12.2 Å². The van der Waals surface area contributed by atoms with Crippen LogP contribution < -0.4 is 0 Å². The van der Waals surface area contributed by atoms with E-state index in [-0.39, 0.29) is 25.7 Å². The van der Waals surface area contributed by atoms with E-state index in [1.54, 1.807) is 0 Å². The third-order valence-electron chi connectivity index (χ3n) is 17.5. The van der Waals surface area contributed by atoms with E-state index in [0.29, 0.717) is 25.7 Å². The topological polar surface area (TPSA) is 237 Å². The minimum Gasteiger partial charge on any atom is -0.462 e. The highest BCUT2D eigenvalue weighted by Gasteiger charge is 2.30. The van der Waals surface area contributed by atoms with E-state index in [2.05, 4.69) is 48.5 Å². The van der Waals surface area contributed by atoms with Crippen LogP contribution in [0.2, 0.25) is 0 Å². The monoisotopic (exact) mass is 1370 g/mol. The van der Waals surface area contributed by atoms with Gasteiger partial charge in [-0.15, -0.1) is 0 Å². The van der Waals surface area contributed by atoms with Gasteiger partial charge in [0, 0.05) is 25.7 Å². The number of esters is 4. The van der Waals surface area contributed by atoms with Crippen molar-refractivity contribution in [1.82, 2.24) is 0 Å². The SMILES string of the molecule is CCCCCCCCCCCCCCCCCCC(=O)O[C@H](COC(=O)CCCCCCCCCCCCCC(C)C)COP(=O)(O)OC[C@@H](O)COP(=O)(O)OC[C@@H](COC(=O)CCCCCCCCCCC(C)C)OC(=O)CCCCCCCCCCC(C)CC. The number of phosphoric acid groups is 2. The van der Waals surface area contributed by atoms with Gasteiger partial charge in [-0.25, -0.2) is 9.13 Å². The fraction of sp³-hybridized carbons (Fsp3) is 0.946. The summed E-state index contributed by atoms with van der Waals surface area (Å²) in [4.78, 5) is 72.7. The van der Waals surface area contributed by atoms with Crippen molar-refractivity contribution < 1.29 is 80.2 Å². The second kappa shape index (κ2) is 64.7. The number of hydrogen-bond acceptors (Lipinski definition) is 15. The molecule has 0 aliphatic rings. The highest BCUT2D eigenvalue weighted by atomic mass is 31.2. The fourth-order valence-corrected chi connectivity index (χ4v) is 12.8. The van der Waals surface area contributed by atoms with E-state index >= 15 is 0 Å². The van der Waals surface area contributed by atoms with Crippen LogP contribution in [0.4, 0.5) is 0 Å². The first-order valence-corrected chi connectivity index (χ1v) is 41.4. The molecular weight excluding hydrogens is 1220 g/mol. The number of phosphoric ester groups is 2. The Bertz CT molecular complexity index is 1820. The number of ether oxygens (including phenoxy) is 4. The van der Waals surface area contributed by atoms with Crippen LogP contribution in [-0.2, 0) is 65.4 Å². The summed E-state index contributed by atoms with van der Waals surface area (Å²) in [6.07, 6.45) is 49.9. The van der Waals surface area contributed by atoms with Crippen LogP contribution in [0, 0.1) is 17.8 Å². The molecule has 0 amide bonds. The van der Waals surface area contributed by atoms with Gasteiger partial charge in [-0.05, 0) is 43.4 Å². The molecule has 0 aromatic rings. The van der Waals surface area contributed by atoms with Crippen LogP contribution in [0.5, 0.6) is 0 Å². The van der Waals surface area contributed by atoms with E-state index in [4.69, 9.17) is 37.0 Å². The van der Waals surface area contributed by atoms with E-state index in [0.717, 1.165) is 108 Å². The summed E-state index contributed by atoms with van der Waals surface area (Å²) in [5.41, 5.74) is 0. The maximum Gasteiger partial charge on any atom is 0.472 e. The summed E-state index contributed by atoms with van der Waals surface area (Å²) in [6.45, 7) is 11.9. The summed E-state index contributed by atoms with van der Waals surface area (Å²) >= 11 is 0. The first-order chi connectivity index (χ1) is 44.8. The lowest BCUT2D eigenvalue weighted by Gasteiger charge is -2.21. The molecule has 0 fully saturated rings. The van der Waals surface area contributed by atoms with Crippen molar-refractivity contribution in [3.63, 3.8) is 0 Å². The van der Waals surface area contributed by atoms with Crippen LogP contribution in [-0.4, -0.2) is 96.7 Å². The van der Waals surface area contributed by atoms with Gasteiger partial charge in [-0.2, -0.15) is 0 Å². The summed E-state index contributed by atoms with van der Waals surface area (Å²) in [6, 6.07) is 0. The van der Waals surface area contributed by atoms with Crippen molar-refractivity contribution in [2.75, 3.05) is 39.6 Å². The summed E-state index contributed by atoms with van der Waals surface area (Å²) in [7, 11) is -9.91.